The largest absolute Gasteiger partial charge is 0.496 e. The molecule has 2 aromatic carbocycles. The maximum atomic E-state index is 14.3. The van der Waals surface area contributed by atoms with Crippen molar-refractivity contribution in [3.63, 3.8) is 0 Å². The SMILES string of the molecule is COc1cccc2c1CC[C@H]2Nc1nccc2cc(-c3c4c(nc(CCc5ccc(F)cc5)c3-c3n[nH]c(=O)o3)[C@@H]3COCCN3C4=O)sc12. The number of nitrogens with zero attached hydrogens (tertiary/aromatic N) is 4. The van der Waals surface area contributed by atoms with Crippen LogP contribution in [0.15, 0.2) is 70.0 Å². The molecule has 11 nitrogen and oxygen atoms in total. The number of methoxy groups -OCH3 is 1. The Morgan fingerprint density at radius 2 is 1.98 bits per heavy atom. The van der Waals surface area contributed by atoms with Gasteiger partial charge in [-0.3, -0.25) is 9.78 Å². The highest BCUT2D eigenvalue weighted by Crippen LogP contribution is 2.49. The van der Waals surface area contributed by atoms with E-state index in [1.807, 2.05) is 29.2 Å². The Kier molecular flexibility index (Phi) is 7.46. The minimum Gasteiger partial charge on any atom is -0.496 e. The summed E-state index contributed by atoms with van der Waals surface area (Å²) < 4.78 is 31.7. The molecule has 13 heteroatoms. The van der Waals surface area contributed by atoms with Crippen molar-refractivity contribution in [3.05, 3.63) is 111 Å². The number of thiophene rings is 1. The van der Waals surface area contributed by atoms with Crippen LogP contribution < -0.4 is 15.8 Å². The van der Waals surface area contributed by atoms with E-state index in [9.17, 15) is 14.0 Å². The number of amides is 1. The number of benzene rings is 2. The fourth-order valence-corrected chi connectivity index (χ4v) is 8.72. The van der Waals surface area contributed by atoms with Crippen molar-refractivity contribution in [3.8, 4) is 27.6 Å². The van der Waals surface area contributed by atoms with Crippen molar-refractivity contribution in [2.75, 3.05) is 32.2 Å². The number of aryl methyl sites for hydroxylation is 2. The van der Waals surface area contributed by atoms with Gasteiger partial charge in [0.2, 0.25) is 0 Å². The molecule has 1 aliphatic carbocycles. The third-order valence-electron chi connectivity index (χ3n) is 9.87. The van der Waals surface area contributed by atoms with Gasteiger partial charge in [0.1, 0.15) is 17.4 Å². The van der Waals surface area contributed by atoms with Gasteiger partial charge in [0.15, 0.2) is 0 Å². The molecule has 252 valence electrons. The summed E-state index contributed by atoms with van der Waals surface area (Å²) >= 11 is 1.51. The minimum absolute atomic E-state index is 0.0498. The predicted octanol–water partition coefficient (Wildman–Crippen LogP) is 6.26. The van der Waals surface area contributed by atoms with Crippen molar-refractivity contribution in [2.24, 2.45) is 0 Å². The van der Waals surface area contributed by atoms with Crippen molar-refractivity contribution < 1.29 is 23.1 Å². The van der Waals surface area contributed by atoms with Crippen LogP contribution in [0.1, 0.15) is 56.9 Å². The summed E-state index contributed by atoms with van der Waals surface area (Å²) in [5.74, 6) is 0.507. The first-order chi connectivity index (χ1) is 24.5. The Morgan fingerprint density at radius 1 is 1.10 bits per heavy atom. The molecule has 0 spiro atoms. The number of carbonyl (C=O) groups is 1. The molecular formula is C37H31FN6O5S. The van der Waals surface area contributed by atoms with Crippen molar-refractivity contribution in [2.45, 2.75) is 37.8 Å². The molecular weight excluding hydrogens is 660 g/mol. The van der Waals surface area contributed by atoms with Gasteiger partial charge in [-0.15, -0.1) is 16.4 Å². The zero-order valence-electron chi connectivity index (χ0n) is 27.0. The van der Waals surface area contributed by atoms with Crippen LogP contribution in [-0.2, 0) is 24.0 Å². The van der Waals surface area contributed by atoms with Gasteiger partial charge in [-0.2, -0.15) is 0 Å². The number of morpholine rings is 1. The van der Waals surface area contributed by atoms with Gasteiger partial charge in [0, 0.05) is 23.2 Å². The van der Waals surface area contributed by atoms with Gasteiger partial charge in [0.25, 0.3) is 11.8 Å². The quantitative estimate of drug-likeness (QED) is 0.190. The van der Waals surface area contributed by atoms with Crippen LogP contribution in [-0.4, -0.2) is 57.8 Å². The smallest absolute Gasteiger partial charge is 0.434 e. The topological polar surface area (TPSA) is 135 Å². The number of carbonyl (C=O) groups excluding carboxylic acids is 1. The van der Waals surface area contributed by atoms with Crippen LogP contribution >= 0.6 is 11.3 Å². The molecule has 6 aromatic rings. The summed E-state index contributed by atoms with van der Waals surface area (Å²) in [7, 11) is 1.70. The van der Waals surface area contributed by atoms with E-state index in [1.54, 1.807) is 25.4 Å². The lowest BCUT2D eigenvalue weighted by molar-refractivity contribution is 0.00352. The summed E-state index contributed by atoms with van der Waals surface area (Å²) in [5, 5.41) is 11.3. The van der Waals surface area contributed by atoms with E-state index in [-0.39, 0.29) is 29.7 Å². The fourth-order valence-electron chi connectivity index (χ4n) is 7.56. The lowest BCUT2D eigenvalue weighted by Crippen LogP contribution is -2.38. The third-order valence-corrected chi connectivity index (χ3v) is 11.0. The molecule has 2 atom stereocenters. The Labute approximate surface area is 289 Å². The number of nitrogens with one attached hydrogen (secondary N) is 2. The maximum absolute atomic E-state index is 14.3. The normalized spacial score (nSPS) is 18.0. The van der Waals surface area contributed by atoms with E-state index in [0.29, 0.717) is 60.7 Å². The first-order valence-electron chi connectivity index (χ1n) is 16.5. The van der Waals surface area contributed by atoms with Crippen LogP contribution in [0.4, 0.5) is 10.2 Å². The van der Waals surface area contributed by atoms with Crippen LogP contribution in [0.25, 0.3) is 32.0 Å². The number of hydrogen-bond donors (Lipinski definition) is 2. The van der Waals surface area contributed by atoms with E-state index in [4.69, 9.17) is 23.9 Å². The summed E-state index contributed by atoms with van der Waals surface area (Å²) in [6.07, 6.45) is 4.53. The number of H-pyrrole nitrogens is 1. The molecule has 2 N–H and O–H groups in total. The van der Waals surface area contributed by atoms with E-state index < -0.39 is 5.76 Å². The molecule has 1 saturated heterocycles. The molecule has 0 radical (unpaired) electrons. The Bertz CT molecular complexity index is 2350. The Balaban J connectivity index is 1.21. The molecule has 3 aliphatic rings. The first kappa shape index (κ1) is 30.6. The molecule has 0 unspecified atom stereocenters. The molecule has 0 saturated carbocycles. The van der Waals surface area contributed by atoms with Gasteiger partial charge >= 0.3 is 5.76 Å². The third kappa shape index (κ3) is 5.07. The zero-order valence-corrected chi connectivity index (χ0v) is 27.8. The standard InChI is InChI=1S/C37H31FN6O5S/c1-47-27-4-2-3-22-23(27)10-12-24(22)41-34-33-20(13-14-39-34)17-28(50-33)30-29(35-42-43-37(46)49-35)25(11-7-19-5-8-21(38)9-6-19)40-32-26-18-48-16-15-44(26)36(45)31(30)32/h2-6,8-9,13-14,17,24,26H,7,10-12,15-16,18H2,1H3,(H,39,41)(H,43,46)/t24-,26+/m1/s1. The number of anilines is 1. The highest BCUT2D eigenvalue weighted by atomic mass is 32.1. The Hall–Kier alpha value is -5.40. The average molecular weight is 691 g/mol. The molecule has 1 fully saturated rings. The minimum atomic E-state index is -0.714. The highest BCUT2D eigenvalue weighted by molar-refractivity contribution is 7.23. The van der Waals surface area contributed by atoms with Gasteiger partial charge in [-0.25, -0.2) is 19.3 Å². The fraction of sp³-hybridized carbons (Fsp3) is 0.270. The van der Waals surface area contributed by atoms with Gasteiger partial charge in [0.05, 0.1) is 59.6 Å². The number of rotatable bonds is 8. The molecule has 4 aromatic heterocycles. The number of fused-ring (bicyclic) bond motifs is 5. The maximum Gasteiger partial charge on any atom is 0.434 e. The molecule has 50 heavy (non-hydrogen) atoms. The predicted molar refractivity (Wildman–Crippen MR) is 185 cm³/mol. The van der Waals surface area contributed by atoms with Gasteiger partial charge < -0.3 is 24.1 Å². The number of hydrogen-bond acceptors (Lipinski definition) is 10. The van der Waals surface area contributed by atoms with E-state index in [0.717, 1.165) is 44.9 Å². The molecule has 2 aliphatic heterocycles. The van der Waals surface area contributed by atoms with E-state index in [2.05, 4.69) is 21.6 Å². The molecule has 6 heterocycles. The average Bonchev–Trinajstić information content (AvgIpc) is 3.93. The molecule has 9 rings (SSSR count). The summed E-state index contributed by atoms with van der Waals surface area (Å²) in [4.78, 5) is 39.1. The number of halogens is 1. The van der Waals surface area contributed by atoms with Crippen molar-refractivity contribution >= 4 is 33.1 Å². The van der Waals surface area contributed by atoms with E-state index >= 15 is 0 Å². The van der Waals surface area contributed by atoms with Crippen molar-refractivity contribution in [1.82, 2.24) is 25.1 Å². The van der Waals surface area contributed by atoms with Crippen molar-refractivity contribution in [1.29, 1.82) is 0 Å². The van der Waals surface area contributed by atoms with Crippen LogP contribution in [0.2, 0.25) is 0 Å². The van der Waals surface area contributed by atoms with Gasteiger partial charge in [-0.05, 0) is 78.1 Å². The van der Waals surface area contributed by atoms with Gasteiger partial charge in [-0.1, -0.05) is 24.3 Å². The molecule has 1 amide bonds. The monoisotopic (exact) mass is 690 g/mol. The second-order valence-electron chi connectivity index (χ2n) is 12.7. The van der Waals surface area contributed by atoms with Crippen LogP contribution in [0, 0.1) is 5.82 Å². The second-order valence-corrected chi connectivity index (χ2v) is 13.7. The number of aromatic amines is 1. The van der Waals surface area contributed by atoms with Crippen LogP contribution in [0.3, 0.4) is 0 Å². The summed E-state index contributed by atoms with van der Waals surface area (Å²) in [6.45, 7) is 1.20. The number of ether oxygens (including phenoxy) is 2. The lowest BCUT2D eigenvalue weighted by Gasteiger charge is -2.29. The zero-order chi connectivity index (χ0) is 33.9. The summed E-state index contributed by atoms with van der Waals surface area (Å²) in [5.41, 5.74) is 6.10. The Morgan fingerprint density at radius 3 is 2.80 bits per heavy atom. The molecule has 0 bridgehead atoms. The summed E-state index contributed by atoms with van der Waals surface area (Å²) in [6, 6.07) is 16.2. The lowest BCUT2D eigenvalue weighted by atomic mass is 9.93. The van der Waals surface area contributed by atoms with E-state index in [1.165, 1.54) is 34.6 Å². The number of pyridine rings is 2. The highest BCUT2D eigenvalue weighted by Gasteiger charge is 2.44. The first-order valence-corrected chi connectivity index (χ1v) is 17.4. The number of aromatic nitrogens is 4. The van der Waals surface area contributed by atoms with Crippen LogP contribution in [0.5, 0.6) is 5.75 Å². The second kappa shape index (κ2) is 12.2.